The van der Waals surface area contributed by atoms with Gasteiger partial charge in [0, 0.05) is 22.0 Å². The average Bonchev–Trinajstić information content (AvgIpc) is 3.04. The number of aliphatic hydroxyl groups is 1. The van der Waals surface area contributed by atoms with E-state index in [0.717, 1.165) is 11.3 Å². The van der Waals surface area contributed by atoms with E-state index in [2.05, 4.69) is 104 Å². The highest BCUT2D eigenvalue weighted by atomic mass is 28.3. The molecule has 170 valence electrons. The predicted molar refractivity (Wildman–Crippen MR) is 150 cm³/mol. The molecule has 3 aromatic carbocycles. The Hall–Kier alpha value is -2.59. The lowest BCUT2D eigenvalue weighted by molar-refractivity contribution is 0.143. The van der Waals surface area contributed by atoms with E-state index in [9.17, 15) is 5.11 Å². The van der Waals surface area contributed by atoms with Crippen LogP contribution in [0.1, 0.15) is 19.4 Å². The third-order valence-electron chi connectivity index (χ3n) is 6.14. The van der Waals surface area contributed by atoms with Crippen molar-refractivity contribution in [3.63, 3.8) is 0 Å². The fraction of sp³-hybridized carbons (Fsp3) is 0.310. The normalized spacial score (nSPS) is 12.8. The van der Waals surface area contributed by atoms with Gasteiger partial charge in [-0.3, -0.25) is 0 Å². The summed E-state index contributed by atoms with van der Waals surface area (Å²) in [6.45, 7) is 17.9. The number of hydrogen-bond donors (Lipinski definition) is 1. The van der Waals surface area contributed by atoms with E-state index >= 15 is 0 Å². The van der Waals surface area contributed by atoms with Crippen LogP contribution >= 0.6 is 0 Å². The quantitative estimate of drug-likeness (QED) is 0.289. The van der Waals surface area contributed by atoms with Crippen molar-refractivity contribution in [2.24, 2.45) is 0 Å². The molecule has 4 aromatic rings. The second-order valence-corrected chi connectivity index (χ2v) is 21.8. The molecule has 0 amide bonds. The summed E-state index contributed by atoms with van der Waals surface area (Å²) in [7, 11) is -2.85. The van der Waals surface area contributed by atoms with Crippen LogP contribution in [0.2, 0.25) is 39.3 Å². The third kappa shape index (κ3) is 4.86. The van der Waals surface area contributed by atoms with Crippen LogP contribution in [0.3, 0.4) is 0 Å². The van der Waals surface area contributed by atoms with E-state index in [4.69, 9.17) is 0 Å². The Kier molecular flexibility index (Phi) is 5.73. The molecule has 4 rings (SSSR count). The zero-order valence-electron chi connectivity index (χ0n) is 21.2. The Morgan fingerprint density at radius 3 is 1.55 bits per heavy atom. The van der Waals surface area contributed by atoms with E-state index < -0.39 is 21.7 Å². The fourth-order valence-electron chi connectivity index (χ4n) is 4.15. The van der Waals surface area contributed by atoms with Crippen molar-refractivity contribution in [2.75, 3.05) is 0 Å². The van der Waals surface area contributed by atoms with Gasteiger partial charge in [0.2, 0.25) is 0 Å². The summed E-state index contributed by atoms with van der Waals surface area (Å²) >= 11 is 0. The van der Waals surface area contributed by atoms with Crippen LogP contribution in [0.4, 0.5) is 0 Å². The van der Waals surface area contributed by atoms with E-state index in [-0.39, 0.29) is 0 Å². The van der Waals surface area contributed by atoms with Crippen LogP contribution in [-0.2, 0) is 0 Å². The molecule has 0 bridgehead atoms. The van der Waals surface area contributed by atoms with Gasteiger partial charge in [0.25, 0.3) is 0 Å². The van der Waals surface area contributed by atoms with Crippen LogP contribution < -0.4 is 10.4 Å². The molecule has 0 aliphatic rings. The molecule has 1 N–H and O–H groups in total. The molecule has 0 aliphatic carbocycles. The molecule has 0 aliphatic heterocycles. The summed E-state index contributed by atoms with van der Waals surface area (Å²) in [6.07, 6.45) is 0. The lowest BCUT2D eigenvalue weighted by Crippen LogP contribution is -2.37. The van der Waals surface area contributed by atoms with Crippen molar-refractivity contribution >= 4 is 48.3 Å². The average molecular weight is 470 g/mol. The van der Waals surface area contributed by atoms with E-state index in [1.54, 1.807) is 13.8 Å². The van der Waals surface area contributed by atoms with Gasteiger partial charge in [-0.1, -0.05) is 85.8 Å². The van der Waals surface area contributed by atoms with E-state index in [0.29, 0.717) is 0 Å². The number of hydrogen-bond acceptors (Lipinski definition) is 1. The van der Waals surface area contributed by atoms with E-state index in [1.165, 1.54) is 32.2 Å². The monoisotopic (exact) mass is 469 g/mol. The Labute approximate surface area is 200 Å². The summed E-state index contributed by atoms with van der Waals surface area (Å²) in [5.74, 6) is 5.98. The molecule has 1 heterocycles. The largest absolute Gasteiger partial charge is 0.378 e. The maximum atomic E-state index is 9.91. The Morgan fingerprint density at radius 1 is 0.697 bits per heavy atom. The fourth-order valence-corrected chi connectivity index (χ4v) is 6.47. The maximum Gasteiger partial charge on any atom is 0.120 e. The Morgan fingerprint density at radius 2 is 1.15 bits per heavy atom. The zero-order chi connectivity index (χ0) is 24.2. The first-order chi connectivity index (χ1) is 15.2. The summed E-state index contributed by atoms with van der Waals surface area (Å²) in [6, 6.07) is 22.5. The van der Waals surface area contributed by atoms with Gasteiger partial charge < -0.3 is 9.67 Å². The van der Waals surface area contributed by atoms with Crippen molar-refractivity contribution in [3.8, 4) is 17.5 Å². The van der Waals surface area contributed by atoms with Crippen molar-refractivity contribution in [2.45, 2.75) is 58.7 Å². The SMILES string of the molecule is CC(C)(O)C#Cc1ccc(-n2c3ccc([Si](C)(C)C)cc3c3cc([Si](C)(C)C)ccc32)cc1. The molecule has 0 saturated heterocycles. The van der Waals surface area contributed by atoms with Gasteiger partial charge in [-0.2, -0.15) is 0 Å². The minimum atomic E-state index is -1.43. The van der Waals surface area contributed by atoms with Crippen LogP contribution in [0.15, 0.2) is 60.7 Å². The first-order valence-corrected chi connectivity index (χ1v) is 18.7. The molecular formula is C29H35NOSi2. The lowest BCUT2D eigenvalue weighted by atomic mass is 10.1. The summed E-state index contributed by atoms with van der Waals surface area (Å²) in [5.41, 5.74) is 3.53. The molecule has 0 spiro atoms. The summed E-state index contributed by atoms with van der Waals surface area (Å²) in [5, 5.41) is 15.6. The smallest absolute Gasteiger partial charge is 0.120 e. The van der Waals surface area contributed by atoms with Crippen LogP contribution in [-0.4, -0.2) is 31.4 Å². The molecule has 0 atom stereocenters. The highest BCUT2D eigenvalue weighted by Gasteiger charge is 2.22. The summed E-state index contributed by atoms with van der Waals surface area (Å²) in [4.78, 5) is 0. The number of aromatic nitrogens is 1. The van der Waals surface area contributed by atoms with Crippen LogP contribution in [0, 0.1) is 11.8 Å². The number of nitrogens with zero attached hydrogens (tertiary/aromatic N) is 1. The Bertz CT molecular complexity index is 1330. The van der Waals surface area contributed by atoms with Gasteiger partial charge in [0.05, 0.1) is 27.2 Å². The molecular weight excluding hydrogens is 434 g/mol. The second-order valence-electron chi connectivity index (χ2n) is 11.7. The molecule has 0 radical (unpaired) electrons. The molecule has 4 heteroatoms. The van der Waals surface area contributed by atoms with Crippen molar-refractivity contribution in [1.82, 2.24) is 4.57 Å². The number of rotatable bonds is 3. The minimum Gasteiger partial charge on any atom is -0.378 e. The number of benzene rings is 3. The van der Waals surface area contributed by atoms with Gasteiger partial charge in [-0.25, -0.2) is 0 Å². The van der Waals surface area contributed by atoms with Crippen LogP contribution in [0.25, 0.3) is 27.5 Å². The summed E-state index contributed by atoms with van der Waals surface area (Å²) < 4.78 is 2.37. The highest BCUT2D eigenvalue weighted by molar-refractivity contribution is 6.89. The molecule has 0 fully saturated rings. The van der Waals surface area contributed by atoms with Crippen molar-refractivity contribution in [3.05, 3.63) is 66.2 Å². The second kappa shape index (κ2) is 8.02. The first kappa shape index (κ1) is 23.6. The topological polar surface area (TPSA) is 25.2 Å². The van der Waals surface area contributed by atoms with E-state index in [1.807, 2.05) is 12.1 Å². The predicted octanol–water partition coefficient (Wildman–Crippen LogP) is 6.00. The van der Waals surface area contributed by atoms with Crippen LogP contribution in [0.5, 0.6) is 0 Å². The molecule has 1 aromatic heterocycles. The number of fused-ring (bicyclic) bond motifs is 3. The lowest BCUT2D eigenvalue weighted by Gasteiger charge is -2.17. The third-order valence-corrected chi connectivity index (χ3v) is 10.2. The van der Waals surface area contributed by atoms with Gasteiger partial charge in [0.1, 0.15) is 5.60 Å². The molecule has 0 unspecified atom stereocenters. The van der Waals surface area contributed by atoms with Gasteiger partial charge >= 0.3 is 0 Å². The maximum absolute atomic E-state index is 9.91. The van der Waals surface area contributed by atoms with Gasteiger partial charge in [0.15, 0.2) is 0 Å². The van der Waals surface area contributed by atoms with Gasteiger partial charge in [-0.05, 0) is 50.2 Å². The van der Waals surface area contributed by atoms with Crippen molar-refractivity contribution in [1.29, 1.82) is 0 Å². The minimum absolute atomic E-state index is 0.906. The Balaban J connectivity index is 1.96. The first-order valence-electron chi connectivity index (χ1n) is 11.7. The molecule has 2 nitrogen and oxygen atoms in total. The molecule has 33 heavy (non-hydrogen) atoms. The zero-order valence-corrected chi connectivity index (χ0v) is 23.2. The van der Waals surface area contributed by atoms with Gasteiger partial charge in [-0.15, -0.1) is 0 Å². The standard InChI is InChI=1S/C29H35NOSi2/c1-29(2,31)18-17-21-9-11-22(12-10-21)30-27-15-13-23(32(3,4)5)19-25(27)26-20-24(33(6,7)8)14-16-28(26)30/h9-16,19-20,31H,1-8H3. The van der Waals surface area contributed by atoms with Crippen molar-refractivity contribution < 1.29 is 5.11 Å². The molecule has 0 saturated carbocycles. The highest BCUT2D eigenvalue weighted by Crippen LogP contribution is 2.32.